The number of aromatic nitrogens is 5. The van der Waals surface area contributed by atoms with E-state index in [1.165, 1.54) is 0 Å². The van der Waals surface area contributed by atoms with Crippen LogP contribution in [-0.2, 0) is 13.0 Å². The molecule has 0 saturated carbocycles. The molecule has 1 unspecified atom stereocenters. The van der Waals surface area contributed by atoms with Gasteiger partial charge in [-0.3, -0.25) is 13.9 Å². The molecule has 5 aromatic rings. The first kappa shape index (κ1) is 24.1. The number of ether oxygens (including phenoxy) is 1. The van der Waals surface area contributed by atoms with Gasteiger partial charge in [0.1, 0.15) is 23.6 Å². The maximum absolute atomic E-state index is 14.2. The van der Waals surface area contributed by atoms with Gasteiger partial charge in [0.05, 0.1) is 35.3 Å². The van der Waals surface area contributed by atoms with Gasteiger partial charge in [-0.15, -0.1) is 0 Å². The van der Waals surface area contributed by atoms with Crippen molar-refractivity contribution in [2.45, 2.75) is 38.6 Å². The number of halogens is 1. The first-order chi connectivity index (χ1) is 18.6. The molecule has 0 bridgehead atoms. The highest BCUT2D eigenvalue weighted by Crippen LogP contribution is 2.29. The van der Waals surface area contributed by atoms with Crippen molar-refractivity contribution in [1.82, 2.24) is 29.5 Å². The Kier molecular flexibility index (Phi) is 6.47. The maximum Gasteiger partial charge on any atom is 0.274 e. The van der Waals surface area contributed by atoms with E-state index in [-0.39, 0.29) is 5.91 Å². The summed E-state index contributed by atoms with van der Waals surface area (Å²) in [7, 11) is 0. The molecule has 194 valence electrons. The van der Waals surface area contributed by atoms with Gasteiger partial charge < -0.3 is 15.4 Å². The van der Waals surface area contributed by atoms with Gasteiger partial charge in [0, 0.05) is 24.2 Å². The Hall–Kier alpha value is -4.31. The molecule has 5 heterocycles. The molecule has 10 heteroatoms. The van der Waals surface area contributed by atoms with Crippen LogP contribution in [0.3, 0.4) is 0 Å². The largest absolute Gasteiger partial charge is 0.471 e. The van der Waals surface area contributed by atoms with Gasteiger partial charge in [-0.25, -0.2) is 14.4 Å². The Balaban J connectivity index is 1.27. The third-order valence-corrected chi connectivity index (χ3v) is 6.80. The number of carbonyl (C=O) groups excluding carboxylic acids is 1. The molecule has 1 aliphatic heterocycles. The third kappa shape index (κ3) is 4.58. The summed E-state index contributed by atoms with van der Waals surface area (Å²) in [4.78, 5) is 22.1. The number of imidazole rings is 1. The molecule has 1 fully saturated rings. The van der Waals surface area contributed by atoms with E-state index < -0.39 is 12.3 Å². The van der Waals surface area contributed by atoms with E-state index in [0.717, 1.165) is 28.8 Å². The Morgan fingerprint density at radius 3 is 2.95 bits per heavy atom. The van der Waals surface area contributed by atoms with Crippen molar-refractivity contribution < 1.29 is 13.9 Å². The first-order valence-corrected chi connectivity index (χ1v) is 12.8. The van der Waals surface area contributed by atoms with Crippen LogP contribution in [0.15, 0.2) is 67.0 Å². The van der Waals surface area contributed by atoms with Crippen molar-refractivity contribution in [2.75, 3.05) is 18.4 Å². The second kappa shape index (κ2) is 10.2. The van der Waals surface area contributed by atoms with Gasteiger partial charge in [0.25, 0.3) is 5.91 Å². The predicted molar refractivity (Wildman–Crippen MR) is 142 cm³/mol. The second-order valence-electron chi connectivity index (χ2n) is 9.32. The van der Waals surface area contributed by atoms with Crippen LogP contribution in [0.4, 0.5) is 10.1 Å². The summed E-state index contributed by atoms with van der Waals surface area (Å²) < 4.78 is 23.7. The molecule has 1 amide bonds. The molecule has 38 heavy (non-hydrogen) atoms. The molecule has 4 aromatic heterocycles. The first-order valence-electron chi connectivity index (χ1n) is 12.8. The minimum Gasteiger partial charge on any atom is -0.471 e. The van der Waals surface area contributed by atoms with Crippen LogP contribution in [0, 0.1) is 0 Å². The molecule has 2 N–H and O–H groups in total. The molecule has 0 aliphatic carbocycles. The summed E-state index contributed by atoms with van der Waals surface area (Å²) in [6, 6.07) is 16.9. The van der Waals surface area contributed by atoms with Crippen molar-refractivity contribution in [2.24, 2.45) is 0 Å². The quantitative estimate of drug-likeness (QED) is 0.341. The Labute approximate surface area is 218 Å². The van der Waals surface area contributed by atoms with Crippen molar-refractivity contribution >= 4 is 28.1 Å². The number of nitrogens with zero attached hydrogens (tertiary/aromatic N) is 5. The van der Waals surface area contributed by atoms with Crippen molar-refractivity contribution in [3.8, 4) is 5.88 Å². The van der Waals surface area contributed by atoms with Gasteiger partial charge in [0.2, 0.25) is 5.88 Å². The third-order valence-electron chi connectivity index (χ3n) is 6.80. The monoisotopic (exact) mass is 513 g/mol. The topological polar surface area (TPSA) is 98.4 Å². The standard InChI is InChI=1S/C28H28FN7O2/c1-2-20-27-21(33-28(37)23-16-31-25-10-3-4-14-35(23)25)8-6-9-22(27)36(34-20)17-18-7-5-11-26(32-18)38-24-12-13-30-15-19(24)29/h3-11,14,16,19,24,30H,2,12-13,15,17H2,1H3,(H,33,37)/t19-,24?/m1/s1. The Morgan fingerprint density at radius 2 is 2.08 bits per heavy atom. The van der Waals surface area contributed by atoms with Gasteiger partial charge >= 0.3 is 0 Å². The van der Waals surface area contributed by atoms with E-state index in [9.17, 15) is 9.18 Å². The summed E-state index contributed by atoms with van der Waals surface area (Å²) in [6.45, 7) is 3.46. The molecule has 9 nitrogen and oxygen atoms in total. The molecule has 2 atom stereocenters. The number of aryl methyl sites for hydroxylation is 1. The van der Waals surface area contributed by atoms with Crippen LogP contribution in [0.5, 0.6) is 5.88 Å². The summed E-state index contributed by atoms with van der Waals surface area (Å²) in [5, 5.41) is 11.8. The number of fused-ring (bicyclic) bond motifs is 2. The SMILES string of the molecule is CCc1nn(Cc2cccc(OC3CCNC[C@H]3F)n2)c2cccc(NC(=O)c3cnc4ccccn34)c12. The summed E-state index contributed by atoms with van der Waals surface area (Å²) in [5.74, 6) is 0.159. The number of carbonyl (C=O) groups is 1. The number of benzene rings is 1. The van der Waals surface area contributed by atoms with Crippen LogP contribution in [0.2, 0.25) is 0 Å². The number of alkyl halides is 1. The number of piperidine rings is 1. The zero-order chi connectivity index (χ0) is 26.1. The molecule has 6 rings (SSSR count). The van der Waals surface area contributed by atoms with E-state index in [1.54, 1.807) is 16.7 Å². The molecular weight excluding hydrogens is 485 g/mol. The van der Waals surface area contributed by atoms with Crippen LogP contribution < -0.4 is 15.4 Å². The Morgan fingerprint density at radius 1 is 1.18 bits per heavy atom. The zero-order valence-electron chi connectivity index (χ0n) is 21.0. The average molecular weight is 514 g/mol. The van der Waals surface area contributed by atoms with Crippen LogP contribution >= 0.6 is 0 Å². The van der Waals surface area contributed by atoms with Crippen LogP contribution in [0.1, 0.15) is 35.2 Å². The van der Waals surface area contributed by atoms with Crippen molar-refractivity contribution in [3.63, 3.8) is 0 Å². The fourth-order valence-corrected chi connectivity index (χ4v) is 4.92. The van der Waals surface area contributed by atoms with Crippen molar-refractivity contribution in [3.05, 3.63) is 84.1 Å². The number of anilines is 1. The van der Waals surface area contributed by atoms with Gasteiger partial charge in [-0.1, -0.05) is 25.1 Å². The summed E-state index contributed by atoms with van der Waals surface area (Å²) in [6.07, 6.45) is 3.11. The normalized spacial score (nSPS) is 17.6. The number of rotatable bonds is 7. The van der Waals surface area contributed by atoms with Gasteiger partial charge in [0.15, 0.2) is 0 Å². The lowest BCUT2D eigenvalue weighted by molar-refractivity contribution is 0.0692. The van der Waals surface area contributed by atoms with E-state index in [2.05, 4.69) is 20.6 Å². The second-order valence-corrected chi connectivity index (χ2v) is 9.32. The van der Waals surface area contributed by atoms with E-state index in [1.807, 2.05) is 66.3 Å². The lowest BCUT2D eigenvalue weighted by Gasteiger charge is -2.26. The average Bonchev–Trinajstić information content (AvgIpc) is 3.53. The van der Waals surface area contributed by atoms with E-state index >= 15 is 0 Å². The fourth-order valence-electron chi connectivity index (χ4n) is 4.92. The molecule has 0 spiro atoms. The van der Waals surface area contributed by atoms with Crippen molar-refractivity contribution in [1.29, 1.82) is 0 Å². The molecule has 1 aromatic carbocycles. The molecule has 1 saturated heterocycles. The number of hydrogen-bond donors (Lipinski definition) is 2. The lowest BCUT2D eigenvalue weighted by atomic mass is 10.1. The molecule has 0 radical (unpaired) electrons. The van der Waals surface area contributed by atoms with Gasteiger partial charge in [-0.2, -0.15) is 5.10 Å². The fraction of sp³-hybridized carbons (Fsp3) is 0.286. The predicted octanol–water partition coefficient (Wildman–Crippen LogP) is 4.02. The highest BCUT2D eigenvalue weighted by atomic mass is 19.1. The minimum absolute atomic E-state index is 0.249. The Bertz CT molecular complexity index is 1610. The summed E-state index contributed by atoms with van der Waals surface area (Å²) >= 11 is 0. The highest BCUT2D eigenvalue weighted by Gasteiger charge is 2.26. The molecule has 1 aliphatic rings. The minimum atomic E-state index is -1.06. The van der Waals surface area contributed by atoms with Crippen LogP contribution in [-0.4, -0.2) is 55.4 Å². The lowest BCUT2D eigenvalue weighted by Crippen LogP contribution is -2.44. The van der Waals surface area contributed by atoms with E-state index in [0.29, 0.717) is 48.8 Å². The number of hydrogen-bond acceptors (Lipinski definition) is 6. The number of nitrogens with one attached hydrogen (secondary N) is 2. The van der Waals surface area contributed by atoms with Crippen LogP contribution in [0.25, 0.3) is 16.6 Å². The smallest absolute Gasteiger partial charge is 0.274 e. The zero-order valence-corrected chi connectivity index (χ0v) is 21.0. The highest BCUT2D eigenvalue weighted by molar-refractivity contribution is 6.08. The maximum atomic E-state index is 14.2. The summed E-state index contributed by atoms with van der Waals surface area (Å²) in [5.41, 5.74) is 4.35. The number of pyridine rings is 2. The van der Waals surface area contributed by atoms with E-state index in [4.69, 9.17) is 9.84 Å². The number of amides is 1. The van der Waals surface area contributed by atoms with Gasteiger partial charge in [-0.05, 0) is 49.7 Å². The molecular formula is C28H28FN7O2.